The van der Waals surface area contributed by atoms with Gasteiger partial charge >= 0.3 is 11.9 Å². The van der Waals surface area contributed by atoms with Gasteiger partial charge in [0.2, 0.25) is 0 Å². The Morgan fingerprint density at radius 3 is 2.27 bits per heavy atom. The van der Waals surface area contributed by atoms with Gasteiger partial charge in [0.05, 0.1) is 6.21 Å². The van der Waals surface area contributed by atoms with Crippen LogP contribution in [0.2, 0.25) is 5.02 Å². The van der Waals surface area contributed by atoms with Crippen molar-refractivity contribution in [2.24, 2.45) is 5.10 Å². The van der Waals surface area contributed by atoms with E-state index in [4.69, 9.17) is 21.1 Å². The number of hydrogen-bond donors (Lipinski definition) is 1. The average Bonchev–Trinajstić information content (AvgIpc) is 2.56. The van der Waals surface area contributed by atoms with Gasteiger partial charge in [0.25, 0.3) is 5.91 Å². The van der Waals surface area contributed by atoms with Gasteiger partial charge in [-0.3, -0.25) is 14.4 Å². The summed E-state index contributed by atoms with van der Waals surface area (Å²) in [4.78, 5) is 34.2. The maximum absolute atomic E-state index is 12.0. The third kappa shape index (κ3) is 5.71. The first-order valence-electron chi connectivity index (χ1n) is 7.45. The van der Waals surface area contributed by atoms with Crippen molar-refractivity contribution in [2.75, 3.05) is 0 Å². The van der Waals surface area contributed by atoms with Gasteiger partial charge in [-0.1, -0.05) is 11.6 Å². The number of amides is 1. The number of hydrogen-bond acceptors (Lipinski definition) is 6. The van der Waals surface area contributed by atoms with Crippen LogP contribution in [0.25, 0.3) is 0 Å². The van der Waals surface area contributed by atoms with Crippen molar-refractivity contribution >= 4 is 35.7 Å². The zero-order valence-corrected chi connectivity index (χ0v) is 14.7. The second-order valence-corrected chi connectivity index (χ2v) is 5.53. The number of carbonyl (C=O) groups is 3. The molecule has 0 heterocycles. The summed E-state index contributed by atoms with van der Waals surface area (Å²) in [6.07, 6.45) is 1.31. The lowest BCUT2D eigenvalue weighted by atomic mass is 10.2. The number of ether oxygens (including phenoxy) is 2. The Hall–Kier alpha value is -3.19. The average molecular weight is 375 g/mol. The van der Waals surface area contributed by atoms with E-state index >= 15 is 0 Å². The van der Waals surface area contributed by atoms with E-state index in [9.17, 15) is 14.4 Å². The molecule has 2 rings (SSSR count). The van der Waals surface area contributed by atoms with E-state index in [-0.39, 0.29) is 11.5 Å². The van der Waals surface area contributed by atoms with Gasteiger partial charge < -0.3 is 9.47 Å². The lowest BCUT2D eigenvalue weighted by Gasteiger charge is -2.08. The first-order chi connectivity index (χ1) is 12.3. The van der Waals surface area contributed by atoms with Crippen LogP contribution in [0, 0.1) is 0 Å². The number of rotatable bonds is 5. The Kier molecular flexibility index (Phi) is 6.46. The lowest BCUT2D eigenvalue weighted by molar-refractivity contribution is -0.132. The van der Waals surface area contributed by atoms with Crippen LogP contribution < -0.4 is 14.9 Å². The van der Waals surface area contributed by atoms with Crippen molar-refractivity contribution in [3.8, 4) is 11.5 Å². The van der Waals surface area contributed by atoms with E-state index in [0.29, 0.717) is 16.1 Å². The summed E-state index contributed by atoms with van der Waals surface area (Å²) in [6.45, 7) is 2.49. The minimum Gasteiger partial charge on any atom is -0.427 e. The molecule has 0 aliphatic heterocycles. The molecule has 0 saturated heterocycles. The maximum atomic E-state index is 12.0. The molecule has 0 aromatic heterocycles. The zero-order chi connectivity index (χ0) is 19.1. The summed E-state index contributed by atoms with van der Waals surface area (Å²) in [5, 5.41) is 4.36. The Labute approximate surface area is 154 Å². The summed E-state index contributed by atoms with van der Waals surface area (Å²) in [5.74, 6) is -1.12. The summed E-state index contributed by atoms with van der Waals surface area (Å²) >= 11 is 5.77. The number of halogens is 1. The van der Waals surface area contributed by atoms with Gasteiger partial charge in [-0.25, -0.2) is 5.43 Å². The Morgan fingerprint density at radius 2 is 1.65 bits per heavy atom. The van der Waals surface area contributed by atoms with E-state index < -0.39 is 17.8 Å². The zero-order valence-electron chi connectivity index (χ0n) is 14.0. The van der Waals surface area contributed by atoms with Crippen LogP contribution in [0.15, 0.2) is 47.6 Å². The third-order valence-electron chi connectivity index (χ3n) is 2.98. The molecule has 8 heteroatoms. The van der Waals surface area contributed by atoms with Crippen LogP contribution in [-0.2, 0) is 9.59 Å². The molecule has 0 unspecified atom stereocenters. The van der Waals surface area contributed by atoms with E-state index in [1.54, 1.807) is 24.3 Å². The maximum Gasteiger partial charge on any atom is 0.308 e. The van der Waals surface area contributed by atoms with Crippen LogP contribution in [0.4, 0.5) is 0 Å². The van der Waals surface area contributed by atoms with Crippen molar-refractivity contribution in [2.45, 2.75) is 13.8 Å². The van der Waals surface area contributed by atoms with E-state index in [0.717, 1.165) is 0 Å². The summed E-state index contributed by atoms with van der Waals surface area (Å²) in [6, 6.07) is 10.7. The molecular weight excluding hydrogens is 360 g/mol. The Balaban J connectivity index is 2.14. The molecular formula is C18H15ClN2O5. The molecule has 0 aliphatic carbocycles. The highest BCUT2D eigenvalue weighted by atomic mass is 35.5. The largest absolute Gasteiger partial charge is 0.427 e. The monoisotopic (exact) mass is 374 g/mol. The third-order valence-corrected chi connectivity index (χ3v) is 3.23. The number of esters is 2. The molecule has 0 radical (unpaired) electrons. The topological polar surface area (TPSA) is 94.1 Å². The molecule has 2 aromatic rings. The molecule has 1 N–H and O–H groups in total. The van der Waals surface area contributed by atoms with Gasteiger partial charge in [0.15, 0.2) is 0 Å². The fourth-order valence-electron chi connectivity index (χ4n) is 1.92. The van der Waals surface area contributed by atoms with E-state index in [2.05, 4.69) is 10.5 Å². The van der Waals surface area contributed by atoms with E-state index in [1.165, 1.54) is 38.3 Å². The second kappa shape index (κ2) is 8.77. The molecule has 2 aromatic carbocycles. The molecule has 7 nitrogen and oxygen atoms in total. The van der Waals surface area contributed by atoms with Gasteiger partial charge in [0.1, 0.15) is 11.5 Å². The fourth-order valence-corrected chi connectivity index (χ4v) is 2.05. The minimum atomic E-state index is -0.551. The fraction of sp³-hybridized carbons (Fsp3) is 0.111. The normalized spacial score (nSPS) is 10.4. The number of nitrogens with zero attached hydrogens (tertiary/aromatic N) is 1. The lowest BCUT2D eigenvalue weighted by Crippen LogP contribution is -2.17. The Bertz CT molecular complexity index is 862. The molecule has 0 spiro atoms. The number of nitrogens with one attached hydrogen (secondary N) is 1. The summed E-state index contributed by atoms with van der Waals surface area (Å²) in [5.41, 5.74) is 3.15. The molecule has 134 valence electrons. The molecule has 0 aliphatic rings. The number of benzene rings is 2. The van der Waals surface area contributed by atoms with Gasteiger partial charge in [-0.2, -0.15) is 5.10 Å². The van der Waals surface area contributed by atoms with Gasteiger partial charge in [0, 0.05) is 36.1 Å². The quantitative estimate of drug-likeness (QED) is 0.376. The molecule has 1 amide bonds. The molecule has 0 saturated carbocycles. The summed E-state index contributed by atoms with van der Waals surface area (Å²) < 4.78 is 10.0. The van der Waals surface area contributed by atoms with Crippen LogP contribution in [0.1, 0.15) is 29.8 Å². The molecule has 26 heavy (non-hydrogen) atoms. The highest BCUT2D eigenvalue weighted by Crippen LogP contribution is 2.24. The first-order valence-corrected chi connectivity index (χ1v) is 7.83. The van der Waals surface area contributed by atoms with Crippen LogP contribution in [-0.4, -0.2) is 24.1 Å². The van der Waals surface area contributed by atoms with Crippen LogP contribution >= 0.6 is 11.6 Å². The van der Waals surface area contributed by atoms with Crippen molar-refractivity contribution in [3.63, 3.8) is 0 Å². The molecule has 0 atom stereocenters. The van der Waals surface area contributed by atoms with Crippen molar-refractivity contribution in [3.05, 3.63) is 58.6 Å². The van der Waals surface area contributed by atoms with Crippen LogP contribution in [0.3, 0.4) is 0 Å². The van der Waals surface area contributed by atoms with Crippen LogP contribution in [0.5, 0.6) is 11.5 Å². The van der Waals surface area contributed by atoms with Crippen molar-refractivity contribution < 1.29 is 23.9 Å². The predicted molar refractivity (Wildman–Crippen MR) is 95.6 cm³/mol. The number of hydrazone groups is 1. The number of carbonyl (C=O) groups excluding carboxylic acids is 3. The first kappa shape index (κ1) is 19.1. The van der Waals surface area contributed by atoms with Gasteiger partial charge in [-0.15, -0.1) is 0 Å². The summed E-state index contributed by atoms with van der Waals surface area (Å²) in [7, 11) is 0. The highest BCUT2D eigenvalue weighted by molar-refractivity contribution is 6.30. The smallest absolute Gasteiger partial charge is 0.308 e. The van der Waals surface area contributed by atoms with Gasteiger partial charge in [-0.05, 0) is 36.4 Å². The minimum absolute atomic E-state index is 0.140. The SMILES string of the molecule is CC(=O)Oc1ccc(/C=N\NC(=O)c2ccc(Cl)cc2)c(OC(C)=O)c1. The highest BCUT2D eigenvalue weighted by Gasteiger charge is 2.09. The standard InChI is InChI=1S/C18H15ClN2O5/c1-11(22)25-16-8-5-14(17(9-16)26-12(2)23)10-20-21-18(24)13-3-6-15(19)7-4-13/h3-10H,1-2H3,(H,21,24)/b20-10-. The predicted octanol–water partition coefficient (Wildman–Crippen LogP) is 2.95. The molecule has 0 fully saturated rings. The van der Waals surface area contributed by atoms with Crippen molar-refractivity contribution in [1.29, 1.82) is 0 Å². The second-order valence-electron chi connectivity index (χ2n) is 5.09. The Morgan fingerprint density at radius 1 is 1.00 bits per heavy atom. The van der Waals surface area contributed by atoms with Crippen molar-refractivity contribution in [1.82, 2.24) is 5.43 Å². The van der Waals surface area contributed by atoms with E-state index in [1.807, 2.05) is 0 Å². The molecule has 0 bridgehead atoms.